The minimum atomic E-state index is 0.591. The van der Waals surface area contributed by atoms with Crippen molar-refractivity contribution in [3.63, 3.8) is 0 Å². The summed E-state index contributed by atoms with van der Waals surface area (Å²) < 4.78 is 0. The van der Waals surface area contributed by atoms with Crippen LogP contribution in [0.1, 0.15) is 24.8 Å². The van der Waals surface area contributed by atoms with Crippen molar-refractivity contribution in [2.75, 3.05) is 5.88 Å². The molecule has 0 heterocycles. The highest BCUT2D eigenvalue weighted by atomic mass is 35.5. The van der Waals surface area contributed by atoms with Crippen molar-refractivity contribution in [3.05, 3.63) is 35.9 Å². The molecule has 0 bridgehead atoms. The number of hydrogen-bond donors (Lipinski definition) is 0. The number of rotatable bonds is 3. The zero-order chi connectivity index (χ0) is 8.10. The van der Waals surface area contributed by atoms with Gasteiger partial charge in [-0.05, 0) is 17.9 Å². The Hall–Kier alpha value is -0.490. The van der Waals surface area contributed by atoms with Gasteiger partial charge in [-0.15, -0.1) is 11.6 Å². The maximum absolute atomic E-state index is 5.65. The highest BCUT2D eigenvalue weighted by Crippen LogP contribution is 2.18. The molecule has 0 aromatic heterocycles. The molecule has 0 amide bonds. The van der Waals surface area contributed by atoms with Gasteiger partial charge in [-0.3, -0.25) is 0 Å². The summed E-state index contributed by atoms with van der Waals surface area (Å²) in [7, 11) is 0. The van der Waals surface area contributed by atoms with Crippen LogP contribution < -0.4 is 0 Å². The molecule has 0 saturated carbocycles. The lowest BCUT2D eigenvalue weighted by Gasteiger charge is -2.08. The molecule has 1 rings (SSSR count). The predicted molar refractivity (Wildman–Crippen MR) is 50.2 cm³/mol. The van der Waals surface area contributed by atoms with Crippen LogP contribution in [0.15, 0.2) is 30.3 Å². The van der Waals surface area contributed by atoms with E-state index in [9.17, 15) is 0 Å². The second-order valence-corrected chi connectivity index (χ2v) is 3.17. The summed E-state index contributed by atoms with van der Waals surface area (Å²) >= 11 is 5.65. The summed E-state index contributed by atoms with van der Waals surface area (Å²) in [6, 6.07) is 10.5. The van der Waals surface area contributed by atoms with Crippen LogP contribution in [-0.2, 0) is 0 Å². The van der Waals surface area contributed by atoms with Gasteiger partial charge in [0.25, 0.3) is 0 Å². The molecule has 1 heteroatoms. The zero-order valence-electron chi connectivity index (χ0n) is 6.76. The fraction of sp³-hybridized carbons (Fsp3) is 0.400. The van der Waals surface area contributed by atoms with Crippen LogP contribution in [0.4, 0.5) is 0 Å². The molecule has 60 valence electrons. The Kier molecular flexibility index (Phi) is 3.44. The van der Waals surface area contributed by atoms with Crippen LogP contribution in [0.3, 0.4) is 0 Å². The lowest BCUT2D eigenvalue weighted by Crippen LogP contribution is -1.92. The van der Waals surface area contributed by atoms with Crippen molar-refractivity contribution in [2.45, 2.75) is 19.3 Å². The summed E-state index contributed by atoms with van der Waals surface area (Å²) in [6.07, 6.45) is 1.06. The average Bonchev–Trinajstić information content (AvgIpc) is 2.07. The summed E-state index contributed by atoms with van der Waals surface area (Å²) in [6.45, 7) is 2.21. The Morgan fingerprint density at radius 1 is 1.27 bits per heavy atom. The highest BCUT2D eigenvalue weighted by Gasteiger charge is 2.01. The van der Waals surface area contributed by atoms with Gasteiger partial charge >= 0.3 is 0 Å². The molecule has 0 aliphatic carbocycles. The van der Waals surface area contributed by atoms with Crippen molar-refractivity contribution in [2.24, 2.45) is 0 Å². The van der Waals surface area contributed by atoms with E-state index in [0.29, 0.717) is 5.92 Å². The van der Waals surface area contributed by atoms with Crippen LogP contribution >= 0.6 is 11.6 Å². The molecule has 1 aromatic carbocycles. The van der Waals surface area contributed by atoms with E-state index >= 15 is 0 Å². The molecule has 0 spiro atoms. The van der Waals surface area contributed by atoms with E-state index < -0.39 is 0 Å². The van der Waals surface area contributed by atoms with Gasteiger partial charge in [0.1, 0.15) is 0 Å². The minimum absolute atomic E-state index is 0.591. The smallest absolute Gasteiger partial charge is 0.0229 e. The van der Waals surface area contributed by atoms with Crippen molar-refractivity contribution < 1.29 is 0 Å². The van der Waals surface area contributed by atoms with Crippen LogP contribution in [0.25, 0.3) is 0 Å². The molecule has 11 heavy (non-hydrogen) atoms. The molecule has 0 aliphatic heterocycles. The minimum Gasteiger partial charge on any atom is -0.127 e. The lowest BCUT2D eigenvalue weighted by molar-refractivity contribution is 0.738. The van der Waals surface area contributed by atoms with Crippen molar-refractivity contribution in [1.82, 2.24) is 0 Å². The highest BCUT2D eigenvalue weighted by molar-refractivity contribution is 6.17. The van der Waals surface area contributed by atoms with Gasteiger partial charge < -0.3 is 0 Å². The first-order chi connectivity index (χ1) is 5.34. The van der Waals surface area contributed by atoms with E-state index in [-0.39, 0.29) is 0 Å². The number of benzene rings is 1. The maximum atomic E-state index is 5.65. The Labute approximate surface area is 73.2 Å². The van der Waals surface area contributed by atoms with Gasteiger partial charge in [-0.25, -0.2) is 0 Å². The van der Waals surface area contributed by atoms with Gasteiger partial charge in [0.15, 0.2) is 0 Å². The van der Waals surface area contributed by atoms with Crippen molar-refractivity contribution >= 4 is 11.6 Å². The molecular weight excluding hydrogens is 156 g/mol. The molecule has 0 saturated heterocycles. The van der Waals surface area contributed by atoms with Crippen molar-refractivity contribution in [1.29, 1.82) is 0 Å². The topological polar surface area (TPSA) is 0 Å². The second kappa shape index (κ2) is 4.40. The normalized spacial score (nSPS) is 12.9. The Morgan fingerprint density at radius 2 is 1.91 bits per heavy atom. The number of halogens is 1. The van der Waals surface area contributed by atoms with E-state index in [4.69, 9.17) is 11.6 Å². The fourth-order valence-corrected chi connectivity index (χ4v) is 1.44. The monoisotopic (exact) mass is 168 g/mol. The number of hydrogen-bond acceptors (Lipinski definition) is 0. The van der Waals surface area contributed by atoms with E-state index in [2.05, 4.69) is 31.2 Å². The summed E-state index contributed by atoms with van der Waals surface area (Å²) in [5.41, 5.74) is 1.38. The molecule has 0 fully saturated rings. The molecule has 0 N–H and O–H groups in total. The van der Waals surface area contributed by atoms with Crippen LogP contribution in [0.5, 0.6) is 0 Å². The van der Waals surface area contributed by atoms with E-state index in [0.717, 1.165) is 12.3 Å². The molecule has 0 unspecified atom stereocenters. The third-order valence-electron chi connectivity index (χ3n) is 1.91. The van der Waals surface area contributed by atoms with Crippen LogP contribution in [-0.4, -0.2) is 5.88 Å². The van der Waals surface area contributed by atoms with E-state index in [1.807, 2.05) is 6.07 Å². The summed E-state index contributed by atoms with van der Waals surface area (Å²) in [5.74, 6) is 1.34. The average molecular weight is 169 g/mol. The van der Waals surface area contributed by atoms with Gasteiger partial charge in [-0.2, -0.15) is 0 Å². The Morgan fingerprint density at radius 3 is 2.45 bits per heavy atom. The predicted octanol–water partition coefficient (Wildman–Crippen LogP) is 3.42. The Balaban J connectivity index is 2.61. The van der Waals surface area contributed by atoms with Gasteiger partial charge in [-0.1, -0.05) is 37.3 Å². The third-order valence-corrected chi connectivity index (χ3v) is 2.13. The summed E-state index contributed by atoms with van der Waals surface area (Å²) in [4.78, 5) is 0. The number of alkyl halides is 1. The molecular formula is C10H13Cl. The zero-order valence-corrected chi connectivity index (χ0v) is 7.51. The van der Waals surface area contributed by atoms with Crippen LogP contribution in [0, 0.1) is 0 Å². The summed E-state index contributed by atoms with van der Waals surface area (Å²) in [5, 5.41) is 0. The van der Waals surface area contributed by atoms with E-state index in [1.165, 1.54) is 5.56 Å². The molecule has 0 nitrogen and oxygen atoms in total. The second-order valence-electron chi connectivity index (χ2n) is 2.79. The van der Waals surface area contributed by atoms with Crippen molar-refractivity contribution in [3.8, 4) is 0 Å². The Bertz CT molecular complexity index is 193. The molecule has 0 radical (unpaired) electrons. The first-order valence-corrected chi connectivity index (χ1v) is 4.49. The van der Waals surface area contributed by atoms with Gasteiger partial charge in [0.2, 0.25) is 0 Å². The lowest BCUT2D eigenvalue weighted by atomic mass is 9.99. The molecule has 1 aromatic rings. The van der Waals surface area contributed by atoms with Gasteiger partial charge in [0.05, 0.1) is 0 Å². The quantitative estimate of drug-likeness (QED) is 0.607. The standard InChI is InChI=1S/C10H13Cl/c1-9(7-8-11)10-5-3-2-4-6-10/h2-6,9H,7-8H2,1H3/t9-/m0/s1. The fourth-order valence-electron chi connectivity index (χ4n) is 1.11. The molecule has 0 aliphatic rings. The SMILES string of the molecule is C[C@@H](CCCl)c1ccccc1. The largest absolute Gasteiger partial charge is 0.127 e. The van der Waals surface area contributed by atoms with Crippen LogP contribution in [0.2, 0.25) is 0 Å². The van der Waals surface area contributed by atoms with Gasteiger partial charge in [0, 0.05) is 5.88 Å². The third kappa shape index (κ3) is 2.55. The van der Waals surface area contributed by atoms with E-state index in [1.54, 1.807) is 0 Å². The first-order valence-electron chi connectivity index (χ1n) is 3.95. The maximum Gasteiger partial charge on any atom is 0.0229 e. The first kappa shape index (κ1) is 8.61. The molecule has 1 atom stereocenters.